The Hall–Kier alpha value is -1.63. The van der Waals surface area contributed by atoms with Crippen LogP contribution in [0, 0.1) is 6.92 Å². The van der Waals surface area contributed by atoms with E-state index in [1.165, 1.54) is 16.3 Å². The van der Waals surface area contributed by atoms with E-state index < -0.39 is 0 Å². The van der Waals surface area contributed by atoms with Crippen molar-refractivity contribution in [1.29, 1.82) is 0 Å². The van der Waals surface area contributed by atoms with Gasteiger partial charge >= 0.3 is 0 Å². The van der Waals surface area contributed by atoms with E-state index >= 15 is 0 Å². The number of fused-ring (bicyclic) bond motifs is 1. The summed E-state index contributed by atoms with van der Waals surface area (Å²) < 4.78 is 0. The average Bonchev–Trinajstić information content (AvgIpc) is 2.18. The molecule has 1 nitrogen and oxygen atoms in total. The van der Waals surface area contributed by atoms with Crippen LogP contribution in [0.4, 0.5) is 5.69 Å². The Morgan fingerprint density at radius 3 is 2.62 bits per heavy atom. The number of benzene rings is 2. The Morgan fingerprint density at radius 2 is 1.85 bits per heavy atom. The van der Waals surface area contributed by atoms with E-state index in [0.29, 0.717) is 0 Å². The number of hydrogen-bond acceptors (Lipinski definition) is 1. The Morgan fingerprint density at radius 1 is 1.08 bits per heavy atom. The summed E-state index contributed by atoms with van der Waals surface area (Å²) in [5.74, 6) is 0. The lowest BCUT2D eigenvalue weighted by Crippen LogP contribution is -1.77. The van der Waals surface area contributed by atoms with Gasteiger partial charge in [-0.1, -0.05) is 36.4 Å². The predicted molar refractivity (Wildman–Crippen MR) is 57.9 cm³/mol. The highest BCUT2D eigenvalue weighted by atomic mass is 14.7. The number of aliphatic imine (C=N–C) groups is 1. The van der Waals surface area contributed by atoms with Gasteiger partial charge in [0.25, 0.3) is 0 Å². The molecule has 2 rings (SSSR count). The summed E-state index contributed by atoms with van der Waals surface area (Å²) in [7, 11) is 0. The van der Waals surface area contributed by atoms with E-state index in [1.807, 2.05) is 12.1 Å². The summed E-state index contributed by atoms with van der Waals surface area (Å²) in [6, 6.07) is 12.4. The van der Waals surface area contributed by atoms with Crippen molar-refractivity contribution in [3.8, 4) is 0 Å². The van der Waals surface area contributed by atoms with Crippen molar-refractivity contribution in [3.05, 3.63) is 42.0 Å². The molecule has 1 heteroatoms. The fraction of sp³-hybridized carbons (Fsp3) is 0.0833. The van der Waals surface area contributed by atoms with Crippen molar-refractivity contribution < 1.29 is 0 Å². The summed E-state index contributed by atoms with van der Waals surface area (Å²) in [6.07, 6.45) is 0. The standard InChI is InChI=1S/C12H11N/c1-9-7-8-10-5-3-4-6-11(10)12(9)13-2/h3-8H,2H2,1H3. The lowest BCUT2D eigenvalue weighted by Gasteiger charge is -2.04. The summed E-state index contributed by atoms with van der Waals surface area (Å²) in [5, 5.41) is 2.40. The highest BCUT2D eigenvalue weighted by Crippen LogP contribution is 2.28. The molecule has 0 amide bonds. The molecule has 64 valence electrons. The van der Waals surface area contributed by atoms with E-state index in [1.54, 1.807) is 0 Å². The molecular formula is C12H11N. The maximum Gasteiger partial charge on any atom is 0.0729 e. The minimum absolute atomic E-state index is 0.998. The Kier molecular flexibility index (Phi) is 1.85. The first-order valence-corrected chi connectivity index (χ1v) is 4.28. The summed E-state index contributed by atoms with van der Waals surface area (Å²) in [5.41, 5.74) is 2.17. The van der Waals surface area contributed by atoms with E-state index in [2.05, 4.69) is 42.9 Å². The molecule has 0 aliphatic rings. The predicted octanol–water partition coefficient (Wildman–Crippen LogP) is 3.48. The van der Waals surface area contributed by atoms with Crippen molar-refractivity contribution in [2.45, 2.75) is 6.92 Å². The molecule has 13 heavy (non-hydrogen) atoms. The van der Waals surface area contributed by atoms with Crippen LogP contribution in [0.3, 0.4) is 0 Å². The maximum atomic E-state index is 4.05. The summed E-state index contributed by atoms with van der Waals surface area (Å²) in [4.78, 5) is 4.05. The molecule has 0 N–H and O–H groups in total. The third-order valence-electron chi connectivity index (χ3n) is 2.26. The Labute approximate surface area is 77.7 Å². The smallest absolute Gasteiger partial charge is 0.0729 e. The fourth-order valence-electron chi connectivity index (χ4n) is 1.57. The molecule has 0 unspecified atom stereocenters. The molecule has 0 aliphatic carbocycles. The van der Waals surface area contributed by atoms with Gasteiger partial charge in [0.2, 0.25) is 0 Å². The molecule has 0 spiro atoms. The third-order valence-corrected chi connectivity index (χ3v) is 2.26. The lowest BCUT2D eigenvalue weighted by atomic mass is 10.1. The van der Waals surface area contributed by atoms with Gasteiger partial charge in [0, 0.05) is 5.39 Å². The van der Waals surface area contributed by atoms with E-state index in [-0.39, 0.29) is 0 Å². The topological polar surface area (TPSA) is 12.4 Å². The van der Waals surface area contributed by atoms with Gasteiger partial charge in [-0.05, 0) is 24.6 Å². The SMILES string of the molecule is C=Nc1c(C)ccc2ccccc12. The van der Waals surface area contributed by atoms with Crippen molar-refractivity contribution >= 4 is 23.2 Å². The normalized spacial score (nSPS) is 10.2. The molecule has 0 heterocycles. The highest BCUT2D eigenvalue weighted by Gasteiger charge is 2.00. The number of rotatable bonds is 1. The van der Waals surface area contributed by atoms with Crippen LogP contribution in [-0.4, -0.2) is 6.72 Å². The molecule has 0 bridgehead atoms. The van der Waals surface area contributed by atoms with Gasteiger partial charge in [0.15, 0.2) is 0 Å². The van der Waals surface area contributed by atoms with Gasteiger partial charge in [0.1, 0.15) is 0 Å². The van der Waals surface area contributed by atoms with Gasteiger partial charge in [0.05, 0.1) is 5.69 Å². The highest BCUT2D eigenvalue weighted by molar-refractivity contribution is 5.94. The monoisotopic (exact) mass is 169 g/mol. The van der Waals surface area contributed by atoms with Crippen LogP contribution in [0.25, 0.3) is 10.8 Å². The number of nitrogens with zero attached hydrogens (tertiary/aromatic N) is 1. The fourth-order valence-corrected chi connectivity index (χ4v) is 1.57. The molecule has 0 radical (unpaired) electrons. The van der Waals surface area contributed by atoms with Crippen molar-refractivity contribution in [2.75, 3.05) is 0 Å². The molecule has 0 atom stereocenters. The van der Waals surface area contributed by atoms with E-state index in [0.717, 1.165) is 5.69 Å². The second kappa shape index (κ2) is 3.02. The second-order valence-electron chi connectivity index (χ2n) is 3.11. The van der Waals surface area contributed by atoms with Gasteiger partial charge in [-0.2, -0.15) is 0 Å². The minimum Gasteiger partial charge on any atom is -0.264 e. The van der Waals surface area contributed by atoms with Gasteiger partial charge < -0.3 is 0 Å². The minimum atomic E-state index is 0.998. The Bertz CT molecular complexity index is 458. The first-order chi connectivity index (χ1) is 6.33. The molecule has 0 saturated heterocycles. The second-order valence-corrected chi connectivity index (χ2v) is 3.11. The summed E-state index contributed by atoms with van der Waals surface area (Å²) in [6.45, 7) is 5.64. The van der Waals surface area contributed by atoms with Crippen molar-refractivity contribution in [3.63, 3.8) is 0 Å². The van der Waals surface area contributed by atoms with Gasteiger partial charge in [-0.3, -0.25) is 4.99 Å². The first-order valence-electron chi connectivity index (χ1n) is 4.28. The summed E-state index contributed by atoms with van der Waals surface area (Å²) >= 11 is 0. The van der Waals surface area contributed by atoms with Crippen LogP contribution >= 0.6 is 0 Å². The first kappa shape index (κ1) is 7.99. The molecule has 0 saturated carbocycles. The van der Waals surface area contributed by atoms with Crippen LogP contribution < -0.4 is 0 Å². The van der Waals surface area contributed by atoms with Crippen molar-refractivity contribution in [1.82, 2.24) is 0 Å². The van der Waals surface area contributed by atoms with E-state index in [9.17, 15) is 0 Å². The van der Waals surface area contributed by atoms with Crippen LogP contribution in [-0.2, 0) is 0 Å². The number of aryl methyl sites for hydroxylation is 1. The van der Waals surface area contributed by atoms with Crippen LogP contribution in [0.15, 0.2) is 41.4 Å². The average molecular weight is 169 g/mol. The molecule has 2 aromatic carbocycles. The van der Waals surface area contributed by atoms with Crippen LogP contribution in [0.5, 0.6) is 0 Å². The maximum absolute atomic E-state index is 4.05. The largest absolute Gasteiger partial charge is 0.264 e. The molecule has 0 aromatic heterocycles. The van der Waals surface area contributed by atoms with Crippen molar-refractivity contribution in [2.24, 2.45) is 4.99 Å². The Balaban J connectivity index is 2.91. The van der Waals surface area contributed by atoms with Crippen LogP contribution in [0.2, 0.25) is 0 Å². The molecule has 0 fully saturated rings. The van der Waals surface area contributed by atoms with Gasteiger partial charge in [-0.15, -0.1) is 0 Å². The zero-order valence-electron chi connectivity index (χ0n) is 7.62. The zero-order valence-corrected chi connectivity index (χ0v) is 7.62. The zero-order chi connectivity index (χ0) is 9.26. The van der Waals surface area contributed by atoms with E-state index in [4.69, 9.17) is 0 Å². The number of hydrogen-bond donors (Lipinski definition) is 0. The molecule has 0 aliphatic heterocycles. The molecular weight excluding hydrogens is 158 g/mol. The molecule has 2 aromatic rings. The lowest BCUT2D eigenvalue weighted by molar-refractivity contribution is 1.44. The van der Waals surface area contributed by atoms with Gasteiger partial charge in [-0.25, -0.2) is 0 Å². The quantitative estimate of drug-likeness (QED) is 0.579. The van der Waals surface area contributed by atoms with Crippen LogP contribution in [0.1, 0.15) is 5.56 Å². The third kappa shape index (κ3) is 1.22.